The van der Waals surface area contributed by atoms with Gasteiger partial charge < -0.3 is 40.8 Å². The molecule has 1 fully saturated rings. The molecule has 238 valence electrons. The number of likely N-dealkylation sites (tertiary alicyclic amines) is 1. The molecule has 3 atom stereocenters. The number of rotatable bonds is 10. The van der Waals surface area contributed by atoms with Crippen LogP contribution in [0.25, 0.3) is 0 Å². The smallest absolute Gasteiger partial charge is 0.444 e. The summed E-state index contributed by atoms with van der Waals surface area (Å²) < 4.78 is 15.6. The van der Waals surface area contributed by atoms with E-state index in [9.17, 15) is 28.8 Å². The van der Waals surface area contributed by atoms with Crippen molar-refractivity contribution in [2.75, 3.05) is 13.1 Å². The molecule has 0 radical (unpaired) electrons. The molecule has 5 N–H and O–H groups in total. The molecule has 0 spiro atoms. The molecule has 14 nitrogen and oxygen atoms in total. The van der Waals surface area contributed by atoms with E-state index in [2.05, 4.69) is 16.0 Å². The molecular formula is C29H43N5O9. The molecule has 1 aliphatic rings. The monoisotopic (exact) mass is 605 g/mol. The van der Waals surface area contributed by atoms with E-state index in [1.54, 1.807) is 53.7 Å². The molecule has 0 bridgehead atoms. The first-order chi connectivity index (χ1) is 19.8. The van der Waals surface area contributed by atoms with Crippen LogP contribution in [0.3, 0.4) is 0 Å². The molecule has 2 rings (SSSR count). The number of ether oxygens (including phenoxy) is 3. The van der Waals surface area contributed by atoms with Gasteiger partial charge in [0.05, 0.1) is 6.54 Å². The number of nitrogens with two attached hydrogens (primary N) is 1. The van der Waals surface area contributed by atoms with Gasteiger partial charge in [-0.05, 0) is 79.0 Å². The molecule has 0 unspecified atom stereocenters. The SMILES string of the molecule is C[C@H](NC(=O)[C@@H](Cc1ccc(OC(=O)OC(C)(C)C)cc1)NC(=O)OC(C)(C)C)C(=O)NCC(=O)N1CCC[C@H]1C(N)=O. The lowest BCUT2D eigenvalue weighted by atomic mass is 10.0. The summed E-state index contributed by atoms with van der Waals surface area (Å²) in [6.45, 7) is 11.6. The Bertz CT molecular complexity index is 1190. The number of alkyl carbamates (subject to hydrolysis) is 1. The number of carbonyl (C=O) groups excluding carboxylic acids is 6. The highest BCUT2D eigenvalue weighted by atomic mass is 16.7. The van der Waals surface area contributed by atoms with Gasteiger partial charge in [0.15, 0.2) is 0 Å². The normalized spacial score (nSPS) is 16.3. The third kappa shape index (κ3) is 12.2. The minimum absolute atomic E-state index is 0.00802. The quantitative estimate of drug-likeness (QED) is 0.226. The summed E-state index contributed by atoms with van der Waals surface area (Å²) in [4.78, 5) is 75.7. The van der Waals surface area contributed by atoms with Crippen LogP contribution < -0.4 is 26.4 Å². The van der Waals surface area contributed by atoms with Gasteiger partial charge in [-0.25, -0.2) is 9.59 Å². The number of carbonyl (C=O) groups is 6. The van der Waals surface area contributed by atoms with E-state index >= 15 is 0 Å². The summed E-state index contributed by atoms with van der Waals surface area (Å²) in [5, 5.41) is 7.53. The van der Waals surface area contributed by atoms with E-state index in [-0.39, 0.29) is 18.7 Å². The summed E-state index contributed by atoms with van der Waals surface area (Å²) >= 11 is 0. The maximum atomic E-state index is 13.2. The topological polar surface area (TPSA) is 195 Å². The summed E-state index contributed by atoms with van der Waals surface area (Å²) in [6.07, 6.45) is -0.604. The fourth-order valence-corrected chi connectivity index (χ4v) is 4.11. The van der Waals surface area contributed by atoms with Crippen molar-refractivity contribution in [3.8, 4) is 5.75 Å². The Morgan fingerprint density at radius 3 is 2.09 bits per heavy atom. The second-order valence-corrected chi connectivity index (χ2v) is 12.2. The van der Waals surface area contributed by atoms with Crippen LogP contribution in [0.5, 0.6) is 5.75 Å². The van der Waals surface area contributed by atoms with Gasteiger partial charge in [0, 0.05) is 13.0 Å². The van der Waals surface area contributed by atoms with Crippen LogP contribution in [0.15, 0.2) is 24.3 Å². The van der Waals surface area contributed by atoms with E-state index in [4.69, 9.17) is 19.9 Å². The van der Waals surface area contributed by atoms with Gasteiger partial charge in [0.2, 0.25) is 23.6 Å². The zero-order valence-electron chi connectivity index (χ0n) is 25.8. The third-order valence-electron chi connectivity index (χ3n) is 6.03. The lowest BCUT2D eigenvalue weighted by molar-refractivity contribution is -0.138. The van der Waals surface area contributed by atoms with Crippen LogP contribution >= 0.6 is 0 Å². The lowest BCUT2D eigenvalue weighted by Crippen LogP contribution is -2.55. The van der Waals surface area contributed by atoms with E-state index in [0.29, 0.717) is 24.9 Å². The van der Waals surface area contributed by atoms with Gasteiger partial charge in [0.1, 0.15) is 35.1 Å². The summed E-state index contributed by atoms with van der Waals surface area (Å²) in [6, 6.07) is 3.31. The fourth-order valence-electron chi connectivity index (χ4n) is 4.11. The average Bonchev–Trinajstić information content (AvgIpc) is 3.36. The molecule has 1 heterocycles. The minimum Gasteiger partial charge on any atom is -0.444 e. The molecule has 5 amide bonds. The zero-order chi connectivity index (χ0) is 32.5. The Balaban J connectivity index is 2.04. The van der Waals surface area contributed by atoms with E-state index in [1.165, 1.54) is 24.0 Å². The maximum absolute atomic E-state index is 13.2. The van der Waals surface area contributed by atoms with Crippen molar-refractivity contribution < 1.29 is 43.0 Å². The Kier molecular flexibility index (Phi) is 11.9. The Morgan fingerprint density at radius 1 is 0.930 bits per heavy atom. The number of amides is 5. The highest BCUT2D eigenvalue weighted by molar-refractivity contribution is 5.94. The van der Waals surface area contributed by atoms with Crippen molar-refractivity contribution in [3.05, 3.63) is 29.8 Å². The molecule has 1 aliphatic heterocycles. The van der Waals surface area contributed by atoms with Gasteiger partial charge in [-0.3, -0.25) is 19.2 Å². The van der Waals surface area contributed by atoms with Gasteiger partial charge >= 0.3 is 12.2 Å². The third-order valence-corrected chi connectivity index (χ3v) is 6.03. The van der Waals surface area contributed by atoms with Crippen LogP contribution in [0.2, 0.25) is 0 Å². The first kappa shape index (κ1) is 34.8. The molecule has 1 saturated heterocycles. The van der Waals surface area contributed by atoms with Crippen molar-refractivity contribution in [1.29, 1.82) is 0 Å². The summed E-state index contributed by atoms with van der Waals surface area (Å²) in [5.41, 5.74) is 4.40. The first-order valence-electron chi connectivity index (χ1n) is 14.0. The second-order valence-electron chi connectivity index (χ2n) is 12.2. The number of nitrogens with one attached hydrogen (secondary N) is 3. The van der Waals surface area contributed by atoms with Gasteiger partial charge in [-0.1, -0.05) is 12.1 Å². The first-order valence-corrected chi connectivity index (χ1v) is 14.0. The molecule has 0 saturated carbocycles. The molecular weight excluding hydrogens is 562 g/mol. The predicted molar refractivity (Wildman–Crippen MR) is 155 cm³/mol. The largest absolute Gasteiger partial charge is 0.514 e. The molecule has 0 aliphatic carbocycles. The lowest BCUT2D eigenvalue weighted by Gasteiger charge is -2.25. The van der Waals surface area contributed by atoms with Crippen LogP contribution in [0, 0.1) is 0 Å². The van der Waals surface area contributed by atoms with Gasteiger partial charge in [0.25, 0.3) is 0 Å². The van der Waals surface area contributed by atoms with E-state index in [1.807, 2.05) is 0 Å². The van der Waals surface area contributed by atoms with Crippen molar-refractivity contribution in [2.24, 2.45) is 5.73 Å². The molecule has 14 heteroatoms. The second kappa shape index (κ2) is 14.7. The van der Waals surface area contributed by atoms with Crippen LogP contribution in [-0.4, -0.2) is 83.2 Å². The van der Waals surface area contributed by atoms with Crippen molar-refractivity contribution in [2.45, 2.75) is 97.1 Å². The highest BCUT2D eigenvalue weighted by Gasteiger charge is 2.33. The molecule has 1 aromatic rings. The number of benzene rings is 1. The predicted octanol–water partition coefficient (Wildman–Crippen LogP) is 1.53. The van der Waals surface area contributed by atoms with Crippen LogP contribution in [-0.2, 0) is 35.1 Å². The maximum Gasteiger partial charge on any atom is 0.514 e. The van der Waals surface area contributed by atoms with Crippen LogP contribution in [0.1, 0.15) is 66.9 Å². The Hall–Kier alpha value is -4.36. The highest BCUT2D eigenvalue weighted by Crippen LogP contribution is 2.18. The van der Waals surface area contributed by atoms with Crippen molar-refractivity contribution >= 4 is 35.9 Å². The number of primary amides is 1. The summed E-state index contributed by atoms with van der Waals surface area (Å²) in [5.74, 6) is -2.17. The van der Waals surface area contributed by atoms with Crippen molar-refractivity contribution in [1.82, 2.24) is 20.9 Å². The summed E-state index contributed by atoms with van der Waals surface area (Å²) in [7, 11) is 0. The van der Waals surface area contributed by atoms with E-state index in [0.717, 1.165) is 0 Å². The van der Waals surface area contributed by atoms with Crippen LogP contribution in [0.4, 0.5) is 9.59 Å². The number of nitrogens with zero attached hydrogens (tertiary/aromatic N) is 1. The number of hydrogen-bond donors (Lipinski definition) is 4. The fraction of sp³-hybridized carbons (Fsp3) is 0.586. The van der Waals surface area contributed by atoms with Gasteiger partial charge in [-0.15, -0.1) is 0 Å². The average molecular weight is 606 g/mol. The molecule has 1 aromatic carbocycles. The van der Waals surface area contributed by atoms with Gasteiger partial charge in [-0.2, -0.15) is 0 Å². The molecule has 43 heavy (non-hydrogen) atoms. The Morgan fingerprint density at radius 2 is 1.53 bits per heavy atom. The standard InChI is InChI=1S/C29H43N5O9/c1-17(24(37)31-16-22(35)34-14-8-9-21(34)23(30)36)32-25(38)20(33-26(39)42-28(2,3)4)15-18-10-12-19(13-11-18)41-27(40)43-29(5,6)7/h10-13,17,20-21H,8-9,14-16H2,1-7H3,(H2,30,36)(H,31,37)(H,32,38)(H,33,39)/t17-,20+,21-/m0/s1. The zero-order valence-corrected chi connectivity index (χ0v) is 25.8. The van der Waals surface area contributed by atoms with Crippen molar-refractivity contribution in [3.63, 3.8) is 0 Å². The Labute approximate surface area is 251 Å². The van der Waals surface area contributed by atoms with E-state index < -0.39 is 65.2 Å². The number of hydrogen-bond acceptors (Lipinski definition) is 9. The molecule has 0 aromatic heterocycles. The minimum atomic E-state index is -1.15.